The van der Waals surface area contributed by atoms with Crippen LogP contribution in [0.3, 0.4) is 0 Å². The van der Waals surface area contributed by atoms with Crippen molar-refractivity contribution in [3.63, 3.8) is 0 Å². The van der Waals surface area contributed by atoms with E-state index in [0.717, 1.165) is 13.1 Å². The molecule has 2 N–H and O–H groups in total. The Labute approximate surface area is 130 Å². The highest BCUT2D eigenvalue weighted by Crippen LogP contribution is 2.29. The normalized spacial score (nSPS) is 24.2. The average Bonchev–Trinajstić information content (AvgIpc) is 2.42. The molecule has 0 radical (unpaired) electrons. The second-order valence-electron chi connectivity index (χ2n) is 5.67. The molecule has 1 heterocycles. The highest BCUT2D eigenvalue weighted by Gasteiger charge is 2.29. The molecule has 1 saturated heterocycles. The summed E-state index contributed by atoms with van der Waals surface area (Å²) in [6.45, 7) is 6.31. The highest BCUT2D eigenvalue weighted by atomic mass is 35.5. The first kappa shape index (κ1) is 15.6. The number of hydrogen-bond donors (Lipinski definition) is 2. The maximum absolute atomic E-state index is 12.4. The van der Waals surface area contributed by atoms with Crippen LogP contribution in [0.25, 0.3) is 0 Å². The van der Waals surface area contributed by atoms with E-state index in [1.54, 1.807) is 18.2 Å². The van der Waals surface area contributed by atoms with Crippen molar-refractivity contribution in [2.45, 2.75) is 32.7 Å². The van der Waals surface area contributed by atoms with E-state index in [0.29, 0.717) is 21.7 Å². The smallest absolute Gasteiger partial charge is 0.282 e. The van der Waals surface area contributed by atoms with Gasteiger partial charge in [-0.25, -0.2) is 0 Å². The van der Waals surface area contributed by atoms with Crippen LogP contribution in [0, 0.1) is 5.92 Å². The summed E-state index contributed by atoms with van der Waals surface area (Å²) in [7, 11) is 0. The van der Waals surface area contributed by atoms with Crippen LogP contribution in [-0.2, 0) is 4.79 Å². The minimum absolute atomic E-state index is 0.0240. The molecule has 110 valence electrons. The van der Waals surface area contributed by atoms with Gasteiger partial charge in [-0.1, -0.05) is 36.2 Å². The molecule has 1 aromatic carbocycles. The number of likely N-dealkylation sites (tertiary alicyclic amines) is 1. The highest BCUT2D eigenvalue weighted by molar-refractivity contribution is 6.39. The Morgan fingerprint density at radius 3 is 2.65 bits per heavy atom. The van der Waals surface area contributed by atoms with Gasteiger partial charge in [0, 0.05) is 5.92 Å². The van der Waals surface area contributed by atoms with Gasteiger partial charge < -0.3 is 10.2 Å². The van der Waals surface area contributed by atoms with Crippen LogP contribution in [0.1, 0.15) is 26.7 Å². The Morgan fingerprint density at radius 1 is 1.40 bits per heavy atom. The summed E-state index contributed by atoms with van der Waals surface area (Å²) in [5, 5.41) is 3.81. The zero-order valence-electron chi connectivity index (χ0n) is 11.9. The number of piperidine rings is 1. The van der Waals surface area contributed by atoms with E-state index in [1.165, 1.54) is 17.7 Å². The van der Waals surface area contributed by atoms with Crippen molar-refractivity contribution in [2.24, 2.45) is 5.92 Å². The number of para-hydroxylation sites is 1. The number of benzene rings is 1. The van der Waals surface area contributed by atoms with E-state index in [1.807, 2.05) is 6.92 Å². The minimum atomic E-state index is -0.0925. The van der Waals surface area contributed by atoms with Gasteiger partial charge in [0.15, 0.2) is 6.04 Å². The molecule has 0 spiro atoms. The number of anilines is 1. The van der Waals surface area contributed by atoms with Gasteiger partial charge in [-0.05, 0) is 31.9 Å². The molecular weight excluding hydrogens is 295 g/mol. The van der Waals surface area contributed by atoms with Gasteiger partial charge >= 0.3 is 0 Å². The Bertz CT molecular complexity index is 473. The second-order valence-corrected chi connectivity index (χ2v) is 6.48. The molecule has 3 nitrogen and oxygen atoms in total. The molecule has 1 aromatic rings. The Morgan fingerprint density at radius 2 is 2.05 bits per heavy atom. The van der Waals surface area contributed by atoms with Crippen LogP contribution < -0.4 is 10.2 Å². The van der Waals surface area contributed by atoms with Crippen molar-refractivity contribution in [3.05, 3.63) is 28.2 Å². The van der Waals surface area contributed by atoms with Gasteiger partial charge in [0.25, 0.3) is 5.91 Å². The van der Waals surface area contributed by atoms with Crippen LogP contribution >= 0.6 is 23.2 Å². The number of nitrogens with one attached hydrogen (secondary N) is 2. The Kier molecular flexibility index (Phi) is 5.30. The first-order valence-electron chi connectivity index (χ1n) is 7.08. The summed E-state index contributed by atoms with van der Waals surface area (Å²) < 4.78 is 0. The van der Waals surface area contributed by atoms with E-state index in [-0.39, 0.29) is 11.9 Å². The van der Waals surface area contributed by atoms with Gasteiger partial charge in [-0.3, -0.25) is 4.79 Å². The summed E-state index contributed by atoms with van der Waals surface area (Å²) in [5.74, 6) is 0.655. The first-order valence-corrected chi connectivity index (χ1v) is 7.84. The lowest BCUT2D eigenvalue weighted by atomic mass is 9.99. The number of amides is 1. The van der Waals surface area contributed by atoms with Crippen LogP contribution in [0.5, 0.6) is 0 Å². The maximum Gasteiger partial charge on any atom is 0.282 e. The molecule has 1 aliphatic heterocycles. The van der Waals surface area contributed by atoms with E-state index < -0.39 is 0 Å². The number of halogens is 2. The Balaban J connectivity index is 2.04. The van der Waals surface area contributed by atoms with E-state index in [4.69, 9.17) is 23.2 Å². The van der Waals surface area contributed by atoms with E-state index in [9.17, 15) is 4.79 Å². The maximum atomic E-state index is 12.4. The van der Waals surface area contributed by atoms with Gasteiger partial charge in [0.1, 0.15) is 0 Å². The molecule has 1 amide bonds. The fourth-order valence-electron chi connectivity index (χ4n) is 2.76. The molecular formula is C15H21Cl2N2O+. The summed E-state index contributed by atoms with van der Waals surface area (Å²) in [5.41, 5.74) is 0.511. The molecule has 1 unspecified atom stereocenters. The number of carbonyl (C=O) groups is 1. The van der Waals surface area contributed by atoms with Crippen molar-refractivity contribution < 1.29 is 9.69 Å². The molecule has 20 heavy (non-hydrogen) atoms. The van der Waals surface area contributed by atoms with Crippen molar-refractivity contribution in [3.8, 4) is 0 Å². The average molecular weight is 316 g/mol. The number of rotatable bonds is 3. The second kappa shape index (κ2) is 6.79. The van der Waals surface area contributed by atoms with Crippen LogP contribution in [-0.4, -0.2) is 25.0 Å². The zero-order valence-corrected chi connectivity index (χ0v) is 13.4. The van der Waals surface area contributed by atoms with E-state index >= 15 is 0 Å². The topological polar surface area (TPSA) is 33.5 Å². The molecule has 0 bridgehead atoms. The molecule has 1 aliphatic rings. The fourth-order valence-corrected chi connectivity index (χ4v) is 3.25. The van der Waals surface area contributed by atoms with Crippen LogP contribution in [0.4, 0.5) is 5.69 Å². The first-order chi connectivity index (χ1) is 9.49. The summed E-state index contributed by atoms with van der Waals surface area (Å²) in [6.07, 6.45) is 2.44. The molecule has 5 heteroatoms. The zero-order chi connectivity index (χ0) is 14.7. The van der Waals surface area contributed by atoms with Gasteiger partial charge in [0.05, 0.1) is 28.8 Å². The van der Waals surface area contributed by atoms with Crippen molar-refractivity contribution in [1.29, 1.82) is 0 Å². The lowest BCUT2D eigenvalue weighted by Crippen LogP contribution is -3.17. The molecule has 1 fully saturated rings. The van der Waals surface area contributed by atoms with Gasteiger partial charge in [-0.15, -0.1) is 0 Å². The molecule has 2 rings (SSSR count). The molecule has 0 aromatic heterocycles. The number of quaternary nitrogens is 1. The third-order valence-corrected chi connectivity index (χ3v) is 4.65. The van der Waals surface area contributed by atoms with Crippen molar-refractivity contribution in [2.75, 3.05) is 18.4 Å². The van der Waals surface area contributed by atoms with Crippen molar-refractivity contribution >= 4 is 34.8 Å². The summed E-state index contributed by atoms with van der Waals surface area (Å²) in [6, 6.07) is 5.12. The third kappa shape index (κ3) is 3.66. The van der Waals surface area contributed by atoms with Crippen LogP contribution in [0.2, 0.25) is 10.0 Å². The largest absolute Gasteiger partial charge is 0.325 e. The molecule has 0 saturated carbocycles. The monoisotopic (exact) mass is 315 g/mol. The Hall–Kier alpha value is -0.770. The third-order valence-electron chi connectivity index (χ3n) is 4.02. The summed E-state index contributed by atoms with van der Waals surface area (Å²) >= 11 is 12.2. The quantitative estimate of drug-likeness (QED) is 0.883. The van der Waals surface area contributed by atoms with Crippen molar-refractivity contribution in [1.82, 2.24) is 0 Å². The minimum Gasteiger partial charge on any atom is -0.325 e. The SMILES string of the molecule is C[C@@H]1CCC[NH+]([C@@H](C)C(=O)Nc2c(Cl)cccc2Cl)C1. The predicted molar refractivity (Wildman–Crippen MR) is 83.6 cm³/mol. The predicted octanol–water partition coefficient (Wildman–Crippen LogP) is 2.64. The number of carbonyl (C=O) groups excluding carboxylic acids is 1. The van der Waals surface area contributed by atoms with Crippen LogP contribution in [0.15, 0.2) is 18.2 Å². The molecule has 0 aliphatic carbocycles. The van der Waals surface area contributed by atoms with E-state index in [2.05, 4.69) is 12.2 Å². The van der Waals surface area contributed by atoms with Gasteiger partial charge in [-0.2, -0.15) is 0 Å². The number of hydrogen-bond acceptors (Lipinski definition) is 1. The summed E-state index contributed by atoms with van der Waals surface area (Å²) in [4.78, 5) is 13.7. The lowest BCUT2D eigenvalue weighted by molar-refractivity contribution is -0.922. The lowest BCUT2D eigenvalue weighted by Gasteiger charge is -2.31. The molecule has 3 atom stereocenters. The van der Waals surface area contributed by atoms with Gasteiger partial charge in [0.2, 0.25) is 0 Å². The fraction of sp³-hybridized carbons (Fsp3) is 0.533. The standard InChI is InChI=1S/C15H20Cl2N2O/c1-10-5-4-8-19(9-10)11(2)15(20)18-14-12(16)6-3-7-13(14)17/h3,6-7,10-11H,4-5,8-9H2,1-2H3,(H,18,20)/p+1/t10-,11+/m1/s1.